The average molecular weight is 294 g/mol. The summed E-state index contributed by atoms with van der Waals surface area (Å²) in [4.78, 5) is 4.34. The van der Waals surface area contributed by atoms with Crippen LogP contribution in [0.25, 0.3) is 0 Å². The highest BCUT2D eigenvalue weighted by molar-refractivity contribution is 9.10. The maximum absolute atomic E-state index is 5.60. The molecular weight excluding hydrogens is 284 g/mol. The summed E-state index contributed by atoms with van der Waals surface area (Å²) in [5, 5.41) is 0.699. The van der Waals surface area contributed by atoms with Gasteiger partial charge < -0.3 is 5.73 Å². The minimum atomic E-state index is 0. The zero-order valence-corrected chi connectivity index (χ0v) is 10.5. The van der Waals surface area contributed by atoms with E-state index in [0.29, 0.717) is 5.17 Å². The lowest BCUT2D eigenvalue weighted by Crippen LogP contribution is -2.01. The van der Waals surface area contributed by atoms with E-state index in [9.17, 15) is 0 Å². The van der Waals surface area contributed by atoms with E-state index in [2.05, 4.69) is 33.1 Å². The standard InChI is InChI=1S/C9H9BrN2S.ClH/c10-7-3-1-2-6(4-7)8-5-13-9(11)12-8;/h1-4,8H,5H2,(H2,11,12);1H. The lowest BCUT2D eigenvalue weighted by atomic mass is 10.1. The van der Waals surface area contributed by atoms with Crippen LogP contribution in [-0.4, -0.2) is 10.9 Å². The summed E-state index contributed by atoms with van der Waals surface area (Å²) in [6.07, 6.45) is 0. The molecule has 0 aliphatic carbocycles. The van der Waals surface area contributed by atoms with Crippen molar-refractivity contribution in [1.82, 2.24) is 0 Å². The SMILES string of the molecule is Cl.NC1=NC(c2cccc(Br)c2)CS1. The van der Waals surface area contributed by atoms with Crippen molar-refractivity contribution < 1.29 is 0 Å². The van der Waals surface area contributed by atoms with Crippen molar-refractivity contribution in [2.75, 3.05) is 5.75 Å². The summed E-state index contributed by atoms with van der Waals surface area (Å²) < 4.78 is 1.09. The van der Waals surface area contributed by atoms with E-state index in [1.54, 1.807) is 11.8 Å². The molecule has 2 rings (SSSR count). The van der Waals surface area contributed by atoms with Crippen molar-refractivity contribution in [1.29, 1.82) is 0 Å². The van der Waals surface area contributed by atoms with Crippen LogP contribution < -0.4 is 5.73 Å². The van der Waals surface area contributed by atoms with Gasteiger partial charge in [-0.25, -0.2) is 0 Å². The molecule has 2 nitrogen and oxygen atoms in total. The second kappa shape index (κ2) is 5.05. The number of rotatable bonds is 1. The Hall–Kier alpha value is -0.190. The molecule has 1 atom stereocenters. The Morgan fingerprint density at radius 2 is 2.29 bits per heavy atom. The lowest BCUT2D eigenvalue weighted by Gasteiger charge is -2.05. The zero-order valence-electron chi connectivity index (χ0n) is 7.31. The predicted molar refractivity (Wildman–Crippen MR) is 68.2 cm³/mol. The van der Waals surface area contributed by atoms with Crippen LogP contribution in [-0.2, 0) is 0 Å². The topological polar surface area (TPSA) is 38.4 Å². The zero-order chi connectivity index (χ0) is 9.26. The first-order valence-corrected chi connectivity index (χ1v) is 5.75. The molecule has 5 heteroatoms. The average Bonchev–Trinajstić information content (AvgIpc) is 2.52. The summed E-state index contributed by atoms with van der Waals surface area (Å²) in [5.41, 5.74) is 6.83. The van der Waals surface area contributed by atoms with Crippen molar-refractivity contribution in [3.63, 3.8) is 0 Å². The summed E-state index contributed by atoms with van der Waals surface area (Å²) >= 11 is 5.06. The largest absolute Gasteiger partial charge is 0.379 e. The molecule has 14 heavy (non-hydrogen) atoms. The van der Waals surface area contributed by atoms with Crippen molar-refractivity contribution in [2.24, 2.45) is 10.7 Å². The minimum absolute atomic E-state index is 0. The molecule has 0 aromatic heterocycles. The minimum Gasteiger partial charge on any atom is -0.379 e. The monoisotopic (exact) mass is 292 g/mol. The fraction of sp³-hybridized carbons (Fsp3) is 0.222. The third-order valence-electron chi connectivity index (χ3n) is 1.91. The summed E-state index contributed by atoms with van der Waals surface area (Å²) in [5.74, 6) is 0.961. The van der Waals surface area contributed by atoms with Crippen molar-refractivity contribution in [3.8, 4) is 0 Å². The van der Waals surface area contributed by atoms with Gasteiger partial charge in [0.15, 0.2) is 5.17 Å². The number of hydrogen-bond acceptors (Lipinski definition) is 3. The van der Waals surface area contributed by atoms with Crippen molar-refractivity contribution >= 4 is 45.3 Å². The molecule has 1 aliphatic heterocycles. The molecule has 1 unspecified atom stereocenters. The molecule has 76 valence electrons. The Labute approximate surface area is 102 Å². The second-order valence-electron chi connectivity index (χ2n) is 2.85. The third kappa shape index (κ3) is 2.65. The molecule has 0 bridgehead atoms. The third-order valence-corrected chi connectivity index (χ3v) is 3.28. The van der Waals surface area contributed by atoms with Crippen LogP contribution in [0.1, 0.15) is 11.6 Å². The Morgan fingerprint density at radius 3 is 2.86 bits per heavy atom. The number of nitrogens with two attached hydrogens (primary N) is 1. The number of benzene rings is 1. The Kier molecular flexibility index (Phi) is 4.29. The van der Waals surface area contributed by atoms with Crippen LogP contribution in [0.3, 0.4) is 0 Å². The number of amidine groups is 1. The van der Waals surface area contributed by atoms with Crippen LogP contribution in [0.4, 0.5) is 0 Å². The molecule has 0 amide bonds. The first-order chi connectivity index (χ1) is 6.25. The molecule has 0 spiro atoms. The molecular formula is C9H10BrClN2S. The number of nitrogens with zero attached hydrogens (tertiary/aromatic N) is 1. The van der Waals surface area contributed by atoms with Gasteiger partial charge in [0.1, 0.15) is 0 Å². The van der Waals surface area contributed by atoms with E-state index < -0.39 is 0 Å². The lowest BCUT2D eigenvalue weighted by molar-refractivity contribution is 0.847. The van der Waals surface area contributed by atoms with Crippen LogP contribution in [0, 0.1) is 0 Å². The molecule has 1 aromatic carbocycles. The van der Waals surface area contributed by atoms with Crippen molar-refractivity contribution in [2.45, 2.75) is 6.04 Å². The van der Waals surface area contributed by atoms with E-state index in [1.165, 1.54) is 5.56 Å². The van der Waals surface area contributed by atoms with Crippen LogP contribution in [0.15, 0.2) is 33.7 Å². The smallest absolute Gasteiger partial charge is 0.154 e. The van der Waals surface area contributed by atoms with E-state index in [0.717, 1.165) is 10.2 Å². The molecule has 0 saturated carbocycles. The predicted octanol–water partition coefficient (Wildman–Crippen LogP) is 2.97. The molecule has 0 fully saturated rings. The molecule has 1 aliphatic rings. The highest BCUT2D eigenvalue weighted by Crippen LogP contribution is 2.29. The molecule has 2 N–H and O–H groups in total. The number of halogens is 2. The quantitative estimate of drug-likeness (QED) is 0.864. The summed E-state index contributed by atoms with van der Waals surface area (Å²) in [6, 6.07) is 8.44. The fourth-order valence-corrected chi connectivity index (χ4v) is 2.49. The number of aliphatic imine (C=N–C) groups is 1. The van der Waals surface area contributed by atoms with Gasteiger partial charge in [-0.1, -0.05) is 39.8 Å². The molecule has 1 aromatic rings. The second-order valence-corrected chi connectivity index (χ2v) is 4.81. The maximum atomic E-state index is 5.60. The van der Waals surface area contributed by atoms with Gasteiger partial charge in [0.2, 0.25) is 0 Å². The maximum Gasteiger partial charge on any atom is 0.154 e. The normalized spacial score (nSPS) is 20.1. The van der Waals surface area contributed by atoms with Crippen LogP contribution in [0.2, 0.25) is 0 Å². The highest BCUT2D eigenvalue weighted by Gasteiger charge is 2.17. The Morgan fingerprint density at radius 1 is 1.50 bits per heavy atom. The van der Waals surface area contributed by atoms with E-state index in [1.807, 2.05) is 12.1 Å². The molecule has 1 heterocycles. The van der Waals surface area contributed by atoms with Gasteiger partial charge in [-0.2, -0.15) is 0 Å². The van der Waals surface area contributed by atoms with Gasteiger partial charge in [0.25, 0.3) is 0 Å². The van der Waals surface area contributed by atoms with Gasteiger partial charge in [-0.15, -0.1) is 12.4 Å². The van der Waals surface area contributed by atoms with E-state index in [-0.39, 0.29) is 18.4 Å². The number of hydrogen-bond donors (Lipinski definition) is 1. The molecule has 0 saturated heterocycles. The van der Waals surface area contributed by atoms with Gasteiger partial charge in [-0.05, 0) is 17.7 Å². The van der Waals surface area contributed by atoms with E-state index >= 15 is 0 Å². The van der Waals surface area contributed by atoms with Gasteiger partial charge in [0.05, 0.1) is 6.04 Å². The number of thioether (sulfide) groups is 1. The van der Waals surface area contributed by atoms with E-state index in [4.69, 9.17) is 5.73 Å². The Balaban J connectivity index is 0.000000980. The Bertz CT molecular complexity index is 356. The highest BCUT2D eigenvalue weighted by atomic mass is 79.9. The fourth-order valence-electron chi connectivity index (χ4n) is 1.28. The first kappa shape index (κ1) is 11.9. The van der Waals surface area contributed by atoms with Crippen LogP contribution in [0.5, 0.6) is 0 Å². The van der Waals surface area contributed by atoms with Gasteiger partial charge >= 0.3 is 0 Å². The summed E-state index contributed by atoms with van der Waals surface area (Å²) in [6.45, 7) is 0. The van der Waals surface area contributed by atoms with Crippen molar-refractivity contribution in [3.05, 3.63) is 34.3 Å². The van der Waals surface area contributed by atoms with Crippen LogP contribution >= 0.6 is 40.1 Å². The van der Waals surface area contributed by atoms with Gasteiger partial charge in [0, 0.05) is 10.2 Å². The van der Waals surface area contributed by atoms with Gasteiger partial charge in [-0.3, -0.25) is 4.99 Å². The first-order valence-electron chi connectivity index (χ1n) is 3.97. The molecule has 0 radical (unpaired) electrons. The summed E-state index contributed by atoms with van der Waals surface area (Å²) in [7, 11) is 0.